The minimum atomic E-state index is -0.248. The van der Waals surface area contributed by atoms with Crippen LogP contribution in [0.25, 0.3) is 0 Å². The van der Waals surface area contributed by atoms with Crippen molar-refractivity contribution in [2.75, 3.05) is 7.11 Å². The number of alkyl halides is 1. The molecule has 19 heavy (non-hydrogen) atoms. The zero-order chi connectivity index (χ0) is 13.8. The van der Waals surface area contributed by atoms with E-state index in [1.165, 1.54) is 12.1 Å². The highest BCUT2D eigenvalue weighted by Gasteiger charge is 2.11. The van der Waals surface area contributed by atoms with Crippen molar-refractivity contribution in [1.82, 2.24) is 0 Å². The molecule has 0 saturated heterocycles. The zero-order valence-corrected chi connectivity index (χ0v) is 11.9. The summed E-state index contributed by atoms with van der Waals surface area (Å²) in [6, 6.07) is 11.8. The van der Waals surface area contributed by atoms with E-state index in [1.807, 2.05) is 6.07 Å². The Kier molecular flexibility index (Phi) is 4.67. The zero-order valence-electron chi connectivity index (χ0n) is 10.4. The first-order chi connectivity index (χ1) is 9.10. The third-order valence-corrected chi connectivity index (χ3v) is 3.57. The minimum absolute atomic E-state index is 0.214. The lowest BCUT2D eigenvalue weighted by molar-refractivity contribution is 0.415. The molecule has 1 atom stereocenters. The van der Waals surface area contributed by atoms with E-state index in [-0.39, 0.29) is 11.2 Å². The third kappa shape index (κ3) is 3.62. The van der Waals surface area contributed by atoms with Crippen LogP contribution in [-0.4, -0.2) is 7.11 Å². The van der Waals surface area contributed by atoms with E-state index >= 15 is 0 Å². The van der Waals surface area contributed by atoms with Gasteiger partial charge in [-0.3, -0.25) is 0 Å². The lowest BCUT2D eigenvalue weighted by atomic mass is 10.0. The smallest absolute Gasteiger partial charge is 0.137 e. The maximum absolute atomic E-state index is 12.8. The van der Waals surface area contributed by atoms with Gasteiger partial charge in [0, 0.05) is 0 Å². The monoisotopic (exact) mass is 298 g/mol. The summed E-state index contributed by atoms with van der Waals surface area (Å²) in [5, 5.41) is 0.318. The van der Waals surface area contributed by atoms with Crippen LogP contribution in [-0.2, 0) is 6.42 Å². The molecule has 0 radical (unpaired) electrons. The summed E-state index contributed by atoms with van der Waals surface area (Å²) in [6.45, 7) is 0. The van der Waals surface area contributed by atoms with Gasteiger partial charge < -0.3 is 4.74 Å². The Bertz CT molecular complexity index is 555. The number of rotatable bonds is 4. The lowest BCUT2D eigenvalue weighted by Gasteiger charge is -2.12. The van der Waals surface area contributed by atoms with Crippen LogP contribution in [0.1, 0.15) is 16.5 Å². The number of hydrogen-bond acceptors (Lipinski definition) is 1. The van der Waals surface area contributed by atoms with Gasteiger partial charge in [0.1, 0.15) is 11.6 Å². The fourth-order valence-corrected chi connectivity index (χ4v) is 2.40. The van der Waals surface area contributed by atoms with Crippen LogP contribution in [0.15, 0.2) is 42.5 Å². The topological polar surface area (TPSA) is 9.23 Å². The lowest BCUT2D eigenvalue weighted by Crippen LogP contribution is -1.97. The Balaban J connectivity index is 2.13. The van der Waals surface area contributed by atoms with Gasteiger partial charge in [0.05, 0.1) is 17.5 Å². The van der Waals surface area contributed by atoms with Gasteiger partial charge in [-0.15, -0.1) is 11.6 Å². The van der Waals surface area contributed by atoms with Crippen molar-refractivity contribution in [2.45, 2.75) is 11.8 Å². The molecule has 2 rings (SSSR count). The van der Waals surface area contributed by atoms with Gasteiger partial charge >= 0.3 is 0 Å². The van der Waals surface area contributed by atoms with Crippen LogP contribution >= 0.6 is 23.2 Å². The number of hydrogen-bond donors (Lipinski definition) is 0. The molecule has 1 nitrogen and oxygen atoms in total. The minimum Gasteiger partial charge on any atom is -0.495 e. The summed E-state index contributed by atoms with van der Waals surface area (Å²) < 4.78 is 17.9. The Morgan fingerprint density at radius 2 is 1.84 bits per heavy atom. The average Bonchev–Trinajstić information content (AvgIpc) is 2.41. The number of methoxy groups -OCH3 is 1. The van der Waals surface area contributed by atoms with Crippen molar-refractivity contribution >= 4 is 23.2 Å². The van der Waals surface area contributed by atoms with E-state index in [9.17, 15) is 4.39 Å². The van der Waals surface area contributed by atoms with Crippen molar-refractivity contribution in [3.8, 4) is 5.75 Å². The van der Waals surface area contributed by atoms with Gasteiger partial charge in [0.25, 0.3) is 0 Å². The second-order valence-electron chi connectivity index (χ2n) is 4.19. The fraction of sp³-hybridized carbons (Fsp3) is 0.200. The highest BCUT2D eigenvalue weighted by Crippen LogP contribution is 2.31. The molecule has 0 amide bonds. The molecule has 2 aromatic carbocycles. The Morgan fingerprint density at radius 1 is 1.16 bits per heavy atom. The number of ether oxygens (including phenoxy) is 1. The van der Waals surface area contributed by atoms with Crippen LogP contribution in [0.5, 0.6) is 5.75 Å². The third-order valence-electron chi connectivity index (χ3n) is 2.87. The van der Waals surface area contributed by atoms with Crippen LogP contribution in [0.4, 0.5) is 4.39 Å². The first-order valence-corrected chi connectivity index (χ1v) is 6.63. The predicted molar refractivity (Wildman–Crippen MR) is 76.7 cm³/mol. The average molecular weight is 299 g/mol. The van der Waals surface area contributed by atoms with Gasteiger partial charge in [0.2, 0.25) is 0 Å². The van der Waals surface area contributed by atoms with E-state index in [0.717, 1.165) is 11.1 Å². The molecule has 0 aliphatic heterocycles. The van der Waals surface area contributed by atoms with E-state index < -0.39 is 0 Å². The summed E-state index contributed by atoms with van der Waals surface area (Å²) in [5.41, 5.74) is 1.89. The SMILES string of the molecule is COc1ccc(C(Cl)Cc2ccc(F)cc2)cc1Cl. The first kappa shape index (κ1) is 14.2. The van der Waals surface area contributed by atoms with Crippen LogP contribution < -0.4 is 4.74 Å². The van der Waals surface area contributed by atoms with Gasteiger partial charge in [0.15, 0.2) is 0 Å². The van der Waals surface area contributed by atoms with Crippen molar-refractivity contribution in [1.29, 1.82) is 0 Å². The van der Waals surface area contributed by atoms with Crippen molar-refractivity contribution in [3.05, 3.63) is 64.4 Å². The molecular formula is C15H13Cl2FO. The molecule has 0 heterocycles. The molecule has 0 aromatic heterocycles. The maximum atomic E-state index is 12.8. The molecule has 2 aromatic rings. The largest absolute Gasteiger partial charge is 0.495 e. The summed E-state index contributed by atoms with van der Waals surface area (Å²) in [5.74, 6) is 0.374. The van der Waals surface area contributed by atoms with Crippen LogP contribution in [0.2, 0.25) is 5.02 Å². The van der Waals surface area contributed by atoms with Crippen molar-refractivity contribution in [2.24, 2.45) is 0 Å². The Hall–Kier alpha value is -1.25. The predicted octanol–water partition coefficient (Wildman–Crippen LogP) is 5.01. The normalized spacial score (nSPS) is 12.2. The molecule has 0 aliphatic carbocycles. The Morgan fingerprint density at radius 3 is 2.42 bits per heavy atom. The summed E-state index contributed by atoms with van der Waals surface area (Å²) in [4.78, 5) is 0. The second kappa shape index (κ2) is 6.27. The molecule has 0 fully saturated rings. The van der Waals surface area contributed by atoms with Gasteiger partial charge in [-0.2, -0.15) is 0 Å². The highest BCUT2D eigenvalue weighted by molar-refractivity contribution is 6.32. The molecule has 4 heteroatoms. The van der Waals surface area contributed by atoms with Crippen molar-refractivity contribution in [3.63, 3.8) is 0 Å². The second-order valence-corrected chi connectivity index (χ2v) is 5.13. The summed E-state index contributed by atoms with van der Waals surface area (Å²) in [7, 11) is 1.57. The van der Waals surface area contributed by atoms with E-state index in [4.69, 9.17) is 27.9 Å². The molecule has 0 bridgehead atoms. The quantitative estimate of drug-likeness (QED) is 0.721. The highest BCUT2D eigenvalue weighted by atomic mass is 35.5. The molecule has 0 N–H and O–H groups in total. The van der Waals surface area contributed by atoms with E-state index in [0.29, 0.717) is 17.2 Å². The fourth-order valence-electron chi connectivity index (χ4n) is 1.82. The van der Waals surface area contributed by atoms with Gasteiger partial charge in [-0.25, -0.2) is 4.39 Å². The maximum Gasteiger partial charge on any atom is 0.137 e. The molecule has 0 saturated carbocycles. The molecule has 1 unspecified atom stereocenters. The molecular weight excluding hydrogens is 286 g/mol. The van der Waals surface area contributed by atoms with Gasteiger partial charge in [-0.1, -0.05) is 29.8 Å². The van der Waals surface area contributed by atoms with Gasteiger partial charge in [-0.05, 0) is 41.8 Å². The molecule has 0 aliphatic rings. The molecule has 100 valence electrons. The van der Waals surface area contributed by atoms with E-state index in [1.54, 1.807) is 31.4 Å². The van der Waals surface area contributed by atoms with Crippen molar-refractivity contribution < 1.29 is 9.13 Å². The van der Waals surface area contributed by atoms with E-state index in [2.05, 4.69) is 0 Å². The standard InChI is InChI=1S/C15H13Cl2FO/c1-19-15-7-4-11(9-14(15)17)13(16)8-10-2-5-12(18)6-3-10/h2-7,9,13H,8H2,1H3. The Labute approximate surface area is 121 Å². The molecule has 0 spiro atoms. The summed E-state index contributed by atoms with van der Waals surface area (Å²) in [6.07, 6.45) is 0.616. The van der Waals surface area contributed by atoms with Crippen LogP contribution in [0.3, 0.4) is 0 Å². The summed E-state index contributed by atoms with van der Waals surface area (Å²) >= 11 is 12.4. The first-order valence-electron chi connectivity index (χ1n) is 5.82. The van der Waals surface area contributed by atoms with Crippen LogP contribution in [0, 0.1) is 5.82 Å². The number of benzene rings is 2. The number of halogens is 3.